The van der Waals surface area contributed by atoms with Gasteiger partial charge in [-0.15, -0.1) is 0 Å². The molecule has 0 aliphatic carbocycles. The van der Waals surface area contributed by atoms with Gasteiger partial charge >= 0.3 is 0 Å². The molecule has 6 nitrogen and oxygen atoms in total. The van der Waals surface area contributed by atoms with Crippen molar-refractivity contribution in [1.82, 2.24) is 5.09 Å². The molecule has 0 amide bonds. The Labute approximate surface area is 112 Å². The number of methoxy groups -OCH3 is 1. The third kappa shape index (κ3) is 8.63. The van der Waals surface area contributed by atoms with Crippen LogP contribution in [0.1, 0.15) is 0 Å². The molecule has 0 radical (unpaired) electrons. The number of hydrogen-bond acceptors (Lipinski definition) is 2. The first-order chi connectivity index (χ1) is 8.04. The number of rotatable bonds is 6. The molecule has 0 aromatic rings. The first-order valence-corrected chi connectivity index (χ1v) is 13.2. The first kappa shape index (κ1) is 18.6. The Balaban J connectivity index is 5.22. The molecule has 0 aliphatic heterocycles. The van der Waals surface area contributed by atoms with Gasteiger partial charge in [-0.1, -0.05) is 0 Å². The number of nitrogens with two attached hydrogens (primary N) is 1. The standard InChI is InChI=1S/C9H28N5OP3/c1-11-18(7,12-8-9-15-2)14-17(6,10)13-16(3,4)5/h12H,8-10H2,1-7H3. The fourth-order valence-corrected chi connectivity index (χ4v) is 10.3. The van der Waals surface area contributed by atoms with Crippen LogP contribution in [-0.2, 0) is 4.74 Å². The van der Waals surface area contributed by atoms with E-state index in [2.05, 4.69) is 29.8 Å². The highest BCUT2D eigenvalue weighted by Gasteiger charge is 2.15. The Bertz CT molecular complexity index is 412. The van der Waals surface area contributed by atoms with Crippen LogP contribution in [0.15, 0.2) is 13.8 Å². The molecule has 0 aromatic carbocycles. The van der Waals surface area contributed by atoms with Gasteiger partial charge < -0.3 is 4.74 Å². The lowest BCUT2D eigenvalue weighted by molar-refractivity contribution is 0.204. The zero-order valence-corrected chi connectivity index (χ0v) is 15.3. The smallest absolute Gasteiger partial charge is 0.136 e. The lowest BCUT2D eigenvalue weighted by Crippen LogP contribution is -2.15. The third-order valence-electron chi connectivity index (χ3n) is 1.91. The van der Waals surface area contributed by atoms with E-state index < -0.39 is 21.8 Å². The molecule has 3 N–H and O–H groups in total. The van der Waals surface area contributed by atoms with Crippen molar-refractivity contribution in [3.05, 3.63) is 0 Å². The predicted octanol–water partition coefficient (Wildman–Crippen LogP) is 3.22. The Morgan fingerprint density at radius 2 is 1.67 bits per heavy atom. The second-order valence-corrected chi connectivity index (χ2v) is 14.9. The van der Waals surface area contributed by atoms with E-state index in [1.54, 1.807) is 14.2 Å². The van der Waals surface area contributed by atoms with Crippen LogP contribution in [0.3, 0.4) is 0 Å². The van der Waals surface area contributed by atoms with E-state index in [9.17, 15) is 0 Å². The minimum absolute atomic E-state index is 0.643. The van der Waals surface area contributed by atoms with Crippen LogP contribution in [0, 0.1) is 0 Å². The van der Waals surface area contributed by atoms with Crippen molar-refractivity contribution in [2.75, 3.05) is 60.6 Å². The van der Waals surface area contributed by atoms with Gasteiger partial charge in [0.15, 0.2) is 0 Å². The van der Waals surface area contributed by atoms with Crippen molar-refractivity contribution >= 4 is 21.8 Å². The van der Waals surface area contributed by atoms with Crippen LogP contribution in [0.2, 0.25) is 0 Å². The quantitative estimate of drug-likeness (QED) is 0.583. The molecule has 2 atom stereocenters. The normalized spacial score (nSPS) is 18.7. The maximum atomic E-state index is 6.27. The van der Waals surface area contributed by atoms with Gasteiger partial charge in [0.1, 0.15) is 14.7 Å². The van der Waals surface area contributed by atoms with Gasteiger partial charge in [-0.25, -0.2) is 4.52 Å². The number of nitrogens with one attached hydrogen (secondary N) is 1. The van der Waals surface area contributed by atoms with Crippen molar-refractivity contribution in [2.45, 2.75) is 0 Å². The highest BCUT2D eigenvalue weighted by atomic mass is 31.2. The number of nitrogens with zero attached hydrogens (tertiary/aromatic N) is 3. The molecule has 0 saturated heterocycles. The molecule has 0 aromatic heterocycles. The van der Waals surface area contributed by atoms with Gasteiger partial charge in [-0.2, -0.15) is 0 Å². The molecule has 18 heavy (non-hydrogen) atoms. The van der Waals surface area contributed by atoms with Crippen molar-refractivity contribution in [1.29, 1.82) is 0 Å². The minimum atomic E-state index is -2.10. The van der Waals surface area contributed by atoms with Crippen molar-refractivity contribution in [2.24, 2.45) is 19.3 Å². The van der Waals surface area contributed by atoms with Gasteiger partial charge in [0, 0.05) is 34.0 Å². The van der Waals surface area contributed by atoms with Gasteiger partial charge in [0.2, 0.25) is 0 Å². The molecular weight excluding hydrogens is 287 g/mol. The summed E-state index contributed by atoms with van der Waals surface area (Å²) in [6, 6.07) is 0. The molecule has 9 heteroatoms. The minimum Gasteiger partial charge on any atom is -0.383 e. The highest BCUT2D eigenvalue weighted by Crippen LogP contribution is 2.59. The Hall–Kier alpha value is 0.570. The molecule has 0 heterocycles. The maximum Gasteiger partial charge on any atom is 0.136 e. The van der Waals surface area contributed by atoms with Crippen LogP contribution >= 0.6 is 21.8 Å². The summed E-state index contributed by atoms with van der Waals surface area (Å²) in [7, 11) is -1.85. The Kier molecular flexibility index (Phi) is 7.61. The lowest BCUT2D eigenvalue weighted by atomic mass is 10.7. The largest absolute Gasteiger partial charge is 0.383 e. The summed E-state index contributed by atoms with van der Waals surface area (Å²) in [5.41, 5.74) is 6.27. The van der Waals surface area contributed by atoms with E-state index in [0.29, 0.717) is 6.61 Å². The fraction of sp³-hybridized carbons (Fsp3) is 1.00. The molecule has 110 valence electrons. The van der Waals surface area contributed by atoms with Crippen LogP contribution in [0.25, 0.3) is 0 Å². The van der Waals surface area contributed by atoms with Gasteiger partial charge in [-0.3, -0.25) is 19.9 Å². The second kappa shape index (κ2) is 7.38. The summed E-state index contributed by atoms with van der Waals surface area (Å²) in [6.07, 6.45) is 0. The second-order valence-electron chi connectivity index (χ2n) is 5.11. The molecule has 2 unspecified atom stereocenters. The van der Waals surface area contributed by atoms with E-state index in [1.165, 1.54) is 0 Å². The zero-order chi connectivity index (χ0) is 14.4. The average molecular weight is 315 g/mol. The summed E-state index contributed by atoms with van der Waals surface area (Å²) in [6.45, 7) is 11.8. The molecule has 0 fully saturated rings. The summed E-state index contributed by atoms with van der Waals surface area (Å²) in [4.78, 5) is 0. The van der Waals surface area contributed by atoms with Gasteiger partial charge in [0.05, 0.1) is 6.61 Å². The topological polar surface area (TPSA) is 84.4 Å². The van der Waals surface area contributed by atoms with Crippen molar-refractivity contribution in [3.63, 3.8) is 0 Å². The van der Waals surface area contributed by atoms with Crippen LogP contribution in [0.5, 0.6) is 0 Å². The highest BCUT2D eigenvalue weighted by molar-refractivity contribution is 7.78. The summed E-state index contributed by atoms with van der Waals surface area (Å²) in [5.74, 6) is 0. The van der Waals surface area contributed by atoms with E-state index in [1.807, 2.05) is 13.3 Å². The van der Waals surface area contributed by atoms with Crippen molar-refractivity contribution in [3.8, 4) is 0 Å². The van der Waals surface area contributed by atoms with Gasteiger partial charge in [-0.05, 0) is 27.0 Å². The fourth-order valence-electron chi connectivity index (χ4n) is 1.42. The molecule has 0 saturated carbocycles. The number of ether oxygens (including phenoxy) is 1. The maximum absolute atomic E-state index is 6.27. The molecule has 0 spiro atoms. The molecular formula is C9H28N5OP3. The molecule has 0 bridgehead atoms. The monoisotopic (exact) mass is 315 g/mol. The molecule has 0 rings (SSSR count). The van der Waals surface area contributed by atoms with Crippen LogP contribution in [-0.4, -0.2) is 60.6 Å². The SMILES string of the molecule is CN=P(C)(N=P(C)(N)N=P(C)(C)C)NCCOC. The average Bonchev–Trinajstić information content (AvgIpc) is 2.13. The van der Waals surface area contributed by atoms with E-state index in [4.69, 9.17) is 19.3 Å². The molecule has 0 aliphatic rings. The van der Waals surface area contributed by atoms with E-state index >= 15 is 0 Å². The Morgan fingerprint density at radius 1 is 1.11 bits per heavy atom. The summed E-state index contributed by atoms with van der Waals surface area (Å²) < 4.78 is 18.9. The summed E-state index contributed by atoms with van der Waals surface area (Å²) >= 11 is 0. The third-order valence-corrected chi connectivity index (χ3v) is 9.95. The van der Waals surface area contributed by atoms with Crippen LogP contribution in [0.4, 0.5) is 0 Å². The van der Waals surface area contributed by atoms with E-state index in [0.717, 1.165) is 6.54 Å². The zero-order valence-electron chi connectivity index (χ0n) is 12.6. The van der Waals surface area contributed by atoms with E-state index in [-0.39, 0.29) is 0 Å². The summed E-state index contributed by atoms with van der Waals surface area (Å²) in [5, 5.41) is 3.34. The predicted molar refractivity (Wildman–Crippen MR) is 87.7 cm³/mol. The first-order valence-electron chi connectivity index (χ1n) is 5.72. The lowest BCUT2D eigenvalue weighted by Gasteiger charge is -2.21. The van der Waals surface area contributed by atoms with Crippen LogP contribution < -0.4 is 10.6 Å². The Morgan fingerprint density at radius 3 is 2.06 bits per heavy atom. The van der Waals surface area contributed by atoms with Gasteiger partial charge in [0.25, 0.3) is 0 Å². The van der Waals surface area contributed by atoms with Crippen molar-refractivity contribution < 1.29 is 4.74 Å². The number of hydrogen-bond donors (Lipinski definition) is 2.